The number of aromatic nitrogens is 1. The van der Waals surface area contributed by atoms with Crippen molar-refractivity contribution in [3.05, 3.63) is 65.5 Å². The molecule has 5 heteroatoms. The third-order valence-corrected chi connectivity index (χ3v) is 5.00. The Balaban J connectivity index is 1.81. The van der Waals surface area contributed by atoms with Gasteiger partial charge in [0.1, 0.15) is 5.69 Å². The molecule has 0 saturated carbocycles. The van der Waals surface area contributed by atoms with Crippen LogP contribution in [0.15, 0.2) is 48.7 Å². The van der Waals surface area contributed by atoms with Crippen molar-refractivity contribution in [3.8, 4) is 0 Å². The minimum absolute atomic E-state index is 0.0327. The van der Waals surface area contributed by atoms with Gasteiger partial charge in [0.25, 0.3) is 5.91 Å². The van der Waals surface area contributed by atoms with E-state index in [4.69, 9.17) is 0 Å². The average Bonchev–Trinajstić information content (AvgIpc) is 3.07. The van der Waals surface area contributed by atoms with E-state index >= 15 is 0 Å². The lowest BCUT2D eigenvalue weighted by Crippen LogP contribution is -2.30. The fraction of sp³-hybridized carbons (Fsp3) is 0.381. The smallest absolute Gasteiger partial charge is 0.308 e. The first kappa shape index (κ1) is 18.1. The molecule has 1 amide bonds. The van der Waals surface area contributed by atoms with E-state index in [2.05, 4.69) is 25.8 Å². The Hall–Kier alpha value is -2.69. The number of hydrogen-bond acceptors (Lipinski definition) is 3. The number of hydrogen-bond donors (Lipinski definition) is 1. The van der Waals surface area contributed by atoms with Crippen molar-refractivity contribution in [2.24, 2.45) is 5.92 Å². The molecule has 2 aromatic rings. The van der Waals surface area contributed by atoms with Gasteiger partial charge >= 0.3 is 5.97 Å². The second-order valence-electron chi connectivity index (χ2n) is 7.85. The van der Waals surface area contributed by atoms with Gasteiger partial charge in [-0.25, -0.2) is 0 Å². The summed E-state index contributed by atoms with van der Waals surface area (Å²) in [6, 6.07) is 13.2. The van der Waals surface area contributed by atoms with Crippen LogP contribution in [0, 0.1) is 5.92 Å². The van der Waals surface area contributed by atoms with E-state index in [0.29, 0.717) is 12.2 Å². The predicted molar refractivity (Wildman–Crippen MR) is 99.1 cm³/mol. The summed E-state index contributed by atoms with van der Waals surface area (Å²) >= 11 is 0. The number of carboxylic acids is 1. The van der Waals surface area contributed by atoms with E-state index in [1.165, 1.54) is 0 Å². The van der Waals surface area contributed by atoms with Crippen molar-refractivity contribution in [2.75, 3.05) is 13.1 Å². The first-order valence-corrected chi connectivity index (χ1v) is 8.81. The maximum absolute atomic E-state index is 12.8. The van der Waals surface area contributed by atoms with Crippen LogP contribution in [0.3, 0.4) is 0 Å². The number of carboxylic acid groups (broad SMARTS) is 1. The van der Waals surface area contributed by atoms with Crippen LogP contribution in [-0.2, 0) is 10.2 Å². The van der Waals surface area contributed by atoms with E-state index in [1.807, 2.05) is 36.4 Å². The predicted octanol–water partition coefficient (Wildman–Crippen LogP) is 3.32. The molecule has 1 aromatic heterocycles. The number of rotatable bonds is 3. The first-order valence-electron chi connectivity index (χ1n) is 8.81. The lowest BCUT2D eigenvalue weighted by molar-refractivity contribution is -0.141. The van der Waals surface area contributed by atoms with Gasteiger partial charge in [-0.05, 0) is 22.6 Å². The zero-order chi connectivity index (χ0) is 18.9. The molecule has 0 radical (unpaired) electrons. The lowest BCUT2D eigenvalue weighted by atomic mass is 9.88. The number of benzene rings is 1. The molecule has 1 aromatic carbocycles. The second kappa shape index (κ2) is 6.90. The van der Waals surface area contributed by atoms with E-state index in [9.17, 15) is 14.7 Å². The molecule has 1 N–H and O–H groups in total. The highest BCUT2D eigenvalue weighted by molar-refractivity contribution is 5.93. The Morgan fingerprint density at radius 1 is 1.08 bits per heavy atom. The third-order valence-electron chi connectivity index (χ3n) is 5.00. The molecule has 5 nitrogen and oxygen atoms in total. The number of amides is 1. The van der Waals surface area contributed by atoms with Gasteiger partial charge in [0.2, 0.25) is 0 Å². The van der Waals surface area contributed by atoms with E-state index < -0.39 is 11.9 Å². The van der Waals surface area contributed by atoms with E-state index in [-0.39, 0.29) is 23.8 Å². The summed E-state index contributed by atoms with van der Waals surface area (Å²) in [6.07, 6.45) is 1.73. The fourth-order valence-electron chi connectivity index (χ4n) is 3.38. The Bertz CT molecular complexity index is 794. The Kier molecular flexibility index (Phi) is 4.81. The van der Waals surface area contributed by atoms with Crippen molar-refractivity contribution in [1.29, 1.82) is 0 Å². The highest BCUT2D eigenvalue weighted by atomic mass is 16.4. The summed E-state index contributed by atoms with van der Waals surface area (Å²) in [5, 5.41) is 9.59. The molecule has 26 heavy (non-hydrogen) atoms. The van der Waals surface area contributed by atoms with Crippen LogP contribution < -0.4 is 0 Å². The maximum Gasteiger partial charge on any atom is 0.308 e. The molecule has 2 atom stereocenters. The van der Waals surface area contributed by atoms with Gasteiger partial charge in [0.05, 0.1) is 5.92 Å². The minimum Gasteiger partial charge on any atom is -0.481 e. The summed E-state index contributed by atoms with van der Waals surface area (Å²) in [6.45, 7) is 6.87. The van der Waals surface area contributed by atoms with Gasteiger partial charge < -0.3 is 10.0 Å². The summed E-state index contributed by atoms with van der Waals surface area (Å²) in [4.78, 5) is 30.4. The van der Waals surface area contributed by atoms with E-state index in [0.717, 1.165) is 11.1 Å². The second-order valence-corrected chi connectivity index (χ2v) is 7.85. The molecule has 1 aliphatic rings. The van der Waals surface area contributed by atoms with Gasteiger partial charge in [-0.1, -0.05) is 57.2 Å². The van der Waals surface area contributed by atoms with Crippen molar-refractivity contribution in [1.82, 2.24) is 9.88 Å². The molecule has 1 saturated heterocycles. The fourth-order valence-corrected chi connectivity index (χ4v) is 3.38. The van der Waals surface area contributed by atoms with Crippen LogP contribution in [0.1, 0.15) is 48.3 Å². The van der Waals surface area contributed by atoms with Crippen LogP contribution in [0.2, 0.25) is 0 Å². The van der Waals surface area contributed by atoms with Gasteiger partial charge in [-0.2, -0.15) is 0 Å². The normalized spacial score (nSPS) is 20.2. The topological polar surface area (TPSA) is 70.5 Å². The molecule has 2 unspecified atom stereocenters. The van der Waals surface area contributed by atoms with Crippen LogP contribution in [0.4, 0.5) is 0 Å². The van der Waals surface area contributed by atoms with Crippen molar-refractivity contribution in [2.45, 2.75) is 32.1 Å². The van der Waals surface area contributed by atoms with Gasteiger partial charge in [0.15, 0.2) is 0 Å². The molecular formula is C21H24N2O3. The summed E-state index contributed by atoms with van der Waals surface area (Å²) in [7, 11) is 0. The molecule has 0 bridgehead atoms. The van der Waals surface area contributed by atoms with Crippen molar-refractivity contribution in [3.63, 3.8) is 0 Å². The lowest BCUT2D eigenvalue weighted by Gasteiger charge is -2.20. The average molecular weight is 352 g/mol. The van der Waals surface area contributed by atoms with Gasteiger partial charge in [0, 0.05) is 25.2 Å². The standard InChI is InChI=1S/C21H24N2O3/c1-21(2,3)15-9-10-18(22-11-15)19(24)23-12-16(17(13-23)20(25)26)14-7-5-4-6-8-14/h4-11,16-17H,12-13H2,1-3H3,(H,25,26). The zero-order valence-electron chi connectivity index (χ0n) is 15.3. The Morgan fingerprint density at radius 3 is 2.31 bits per heavy atom. The Morgan fingerprint density at radius 2 is 1.77 bits per heavy atom. The molecule has 1 aliphatic heterocycles. The minimum atomic E-state index is -0.870. The molecule has 136 valence electrons. The SMILES string of the molecule is CC(C)(C)c1ccc(C(=O)N2CC(C(=O)O)C(c3ccccc3)C2)nc1. The maximum atomic E-state index is 12.8. The van der Waals surface area contributed by atoms with Crippen LogP contribution in [-0.4, -0.2) is 40.0 Å². The highest BCUT2D eigenvalue weighted by Gasteiger charge is 2.40. The zero-order valence-corrected chi connectivity index (χ0v) is 15.3. The van der Waals surface area contributed by atoms with Crippen molar-refractivity contribution >= 4 is 11.9 Å². The molecule has 0 spiro atoms. The van der Waals surface area contributed by atoms with Gasteiger partial charge in [-0.15, -0.1) is 0 Å². The largest absolute Gasteiger partial charge is 0.481 e. The molecule has 0 aliphatic carbocycles. The monoisotopic (exact) mass is 352 g/mol. The van der Waals surface area contributed by atoms with Crippen LogP contribution >= 0.6 is 0 Å². The number of aliphatic carboxylic acids is 1. The highest BCUT2D eigenvalue weighted by Crippen LogP contribution is 2.33. The molecule has 1 fully saturated rings. The van der Waals surface area contributed by atoms with Crippen LogP contribution in [0.25, 0.3) is 0 Å². The van der Waals surface area contributed by atoms with Gasteiger partial charge in [-0.3, -0.25) is 14.6 Å². The van der Waals surface area contributed by atoms with Crippen molar-refractivity contribution < 1.29 is 14.7 Å². The quantitative estimate of drug-likeness (QED) is 0.920. The number of carbonyl (C=O) groups excluding carboxylic acids is 1. The molecule has 3 rings (SSSR count). The number of nitrogens with zero attached hydrogens (tertiary/aromatic N) is 2. The number of carbonyl (C=O) groups is 2. The summed E-state index contributed by atoms with van der Waals surface area (Å²) < 4.78 is 0. The Labute approximate surface area is 153 Å². The molecule has 2 heterocycles. The molecular weight excluding hydrogens is 328 g/mol. The summed E-state index contributed by atoms with van der Waals surface area (Å²) in [5.74, 6) is -1.89. The number of likely N-dealkylation sites (tertiary alicyclic amines) is 1. The summed E-state index contributed by atoms with van der Waals surface area (Å²) in [5.41, 5.74) is 2.33. The number of pyridine rings is 1. The van der Waals surface area contributed by atoms with E-state index in [1.54, 1.807) is 17.2 Å². The third kappa shape index (κ3) is 3.62. The van der Waals surface area contributed by atoms with Crippen LogP contribution in [0.5, 0.6) is 0 Å². The first-order chi connectivity index (χ1) is 12.3.